The Morgan fingerprint density at radius 1 is 1.00 bits per heavy atom. The van der Waals surface area contributed by atoms with E-state index >= 15 is 0 Å². The highest BCUT2D eigenvalue weighted by Gasteiger charge is 2.18. The van der Waals surface area contributed by atoms with E-state index < -0.39 is 0 Å². The van der Waals surface area contributed by atoms with Crippen molar-refractivity contribution in [2.24, 2.45) is 0 Å². The summed E-state index contributed by atoms with van der Waals surface area (Å²) in [7, 11) is 0. The predicted molar refractivity (Wildman–Crippen MR) is 51.7 cm³/mol. The molecule has 72 valence electrons. The van der Waals surface area contributed by atoms with Crippen LogP contribution in [0.4, 0.5) is 0 Å². The lowest BCUT2D eigenvalue weighted by Gasteiger charge is -2.15. The van der Waals surface area contributed by atoms with E-state index in [1.165, 1.54) is 5.57 Å². The van der Waals surface area contributed by atoms with Gasteiger partial charge in [-0.3, -0.25) is 0 Å². The molecular formula is C11H10O3. The third-order valence-electron chi connectivity index (χ3n) is 2.36. The van der Waals surface area contributed by atoms with Crippen molar-refractivity contribution in [3.8, 4) is 17.2 Å². The van der Waals surface area contributed by atoms with Crippen molar-refractivity contribution in [2.75, 3.05) is 13.4 Å². The van der Waals surface area contributed by atoms with Crippen LogP contribution in [0.25, 0.3) is 6.08 Å². The number of rotatable bonds is 0. The van der Waals surface area contributed by atoms with Gasteiger partial charge in [0.25, 0.3) is 0 Å². The molecule has 0 bridgehead atoms. The summed E-state index contributed by atoms with van der Waals surface area (Å²) in [5.74, 6) is 2.45. The van der Waals surface area contributed by atoms with E-state index in [2.05, 4.69) is 6.08 Å². The lowest BCUT2D eigenvalue weighted by molar-refractivity contribution is 0.174. The zero-order chi connectivity index (χ0) is 9.54. The fraction of sp³-hybridized carbons (Fsp3) is 0.273. The molecule has 0 atom stereocenters. The first-order valence-electron chi connectivity index (χ1n) is 4.56. The second-order valence-electron chi connectivity index (χ2n) is 3.52. The lowest BCUT2D eigenvalue weighted by atomic mass is 10.1. The predicted octanol–water partition coefficient (Wildman–Crippen LogP) is 2.21. The molecule has 0 aliphatic carbocycles. The fourth-order valence-electron chi connectivity index (χ4n) is 1.68. The second-order valence-corrected chi connectivity index (χ2v) is 3.52. The van der Waals surface area contributed by atoms with E-state index in [0.717, 1.165) is 22.8 Å². The van der Waals surface area contributed by atoms with E-state index in [-0.39, 0.29) is 0 Å². The van der Waals surface area contributed by atoms with Gasteiger partial charge in [0.1, 0.15) is 12.4 Å². The minimum atomic E-state index is 0.306. The Bertz CT molecular complexity index is 421. The highest BCUT2D eigenvalue weighted by Crippen LogP contribution is 2.40. The van der Waals surface area contributed by atoms with Gasteiger partial charge in [-0.25, -0.2) is 0 Å². The SMILES string of the molecule is CC1=Cc2cc3c(cc2OC1)OCO3. The van der Waals surface area contributed by atoms with Gasteiger partial charge in [-0.2, -0.15) is 0 Å². The van der Waals surface area contributed by atoms with Crippen LogP contribution in [0, 0.1) is 0 Å². The van der Waals surface area contributed by atoms with Gasteiger partial charge in [-0.15, -0.1) is 0 Å². The summed E-state index contributed by atoms with van der Waals surface area (Å²) in [5.41, 5.74) is 2.29. The first kappa shape index (κ1) is 7.74. The van der Waals surface area contributed by atoms with Crippen molar-refractivity contribution in [3.05, 3.63) is 23.3 Å². The van der Waals surface area contributed by atoms with Crippen molar-refractivity contribution in [3.63, 3.8) is 0 Å². The van der Waals surface area contributed by atoms with Gasteiger partial charge in [-0.05, 0) is 24.6 Å². The third kappa shape index (κ3) is 1.05. The van der Waals surface area contributed by atoms with Crippen LogP contribution in [0.3, 0.4) is 0 Å². The molecule has 2 aliphatic rings. The molecule has 1 aromatic rings. The van der Waals surface area contributed by atoms with Crippen LogP contribution in [0.2, 0.25) is 0 Å². The fourth-order valence-corrected chi connectivity index (χ4v) is 1.68. The molecule has 0 amide bonds. The van der Waals surface area contributed by atoms with Gasteiger partial charge >= 0.3 is 0 Å². The third-order valence-corrected chi connectivity index (χ3v) is 2.36. The van der Waals surface area contributed by atoms with Crippen LogP contribution in [0.5, 0.6) is 17.2 Å². The molecule has 0 aromatic heterocycles. The van der Waals surface area contributed by atoms with Crippen molar-refractivity contribution in [1.82, 2.24) is 0 Å². The summed E-state index contributed by atoms with van der Waals surface area (Å²) in [4.78, 5) is 0. The number of hydrogen-bond donors (Lipinski definition) is 0. The molecule has 0 saturated carbocycles. The Hall–Kier alpha value is -1.64. The van der Waals surface area contributed by atoms with Crippen molar-refractivity contribution >= 4 is 6.08 Å². The monoisotopic (exact) mass is 190 g/mol. The quantitative estimate of drug-likeness (QED) is 0.627. The number of ether oxygens (including phenoxy) is 3. The summed E-state index contributed by atoms with van der Waals surface area (Å²) in [6, 6.07) is 3.85. The summed E-state index contributed by atoms with van der Waals surface area (Å²) >= 11 is 0. The van der Waals surface area contributed by atoms with Gasteiger partial charge in [0.2, 0.25) is 6.79 Å². The van der Waals surface area contributed by atoms with Crippen LogP contribution >= 0.6 is 0 Å². The van der Waals surface area contributed by atoms with Gasteiger partial charge in [0.05, 0.1) is 0 Å². The average molecular weight is 190 g/mol. The molecule has 0 fully saturated rings. The topological polar surface area (TPSA) is 27.7 Å². The lowest BCUT2D eigenvalue weighted by Crippen LogP contribution is -2.04. The zero-order valence-corrected chi connectivity index (χ0v) is 7.87. The van der Waals surface area contributed by atoms with Gasteiger partial charge in [-0.1, -0.05) is 0 Å². The molecule has 3 heteroatoms. The maximum absolute atomic E-state index is 5.56. The van der Waals surface area contributed by atoms with Crippen LogP contribution in [-0.2, 0) is 0 Å². The summed E-state index contributed by atoms with van der Waals surface area (Å²) in [5, 5.41) is 0. The molecule has 14 heavy (non-hydrogen) atoms. The molecule has 3 rings (SSSR count). The highest BCUT2D eigenvalue weighted by atomic mass is 16.7. The molecule has 0 saturated heterocycles. The summed E-state index contributed by atoms with van der Waals surface area (Å²) < 4.78 is 16.1. The molecule has 3 nitrogen and oxygen atoms in total. The molecular weight excluding hydrogens is 180 g/mol. The zero-order valence-electron chi connectivity index (χ0n) is 7.87. The number of benzene rings is 1. The normalized spacial score (nSPS) is 17.1. The summed E-state index contributed by atoms with van der Waals surface area (Å²) in [6.45, 7) is 3.01. The van der Waals surface area contributed by atoms with Gasteiger partial charge in [0.15, 0.2) is 11.5 Å². The molecule has 0 N–H and O–H groups in total. The van der Waals surface area contributed by atoms with Crippen molar-refractivity contribution < 1.29 is 14.2 Å². The Kier molecular flexibility index (Phi) is 1.48. The van der Waals surface area contributed by atoms with Crippen molar-refractivity contribution in [2.45, 2.75) is 6.92 Å². The van der Waals surface area contributed by atoms with Gasteiger partial charge in [0, 0.05) is 11.6 Å². The van der Waals surface area contributed by atoms with E-state index in [4.69, 9.17) is 14.2 Å². The Morgan fingerprint density at radius 2 is 1.79 bits per heavy atom. The second kappa shape index (κ2) is 2.67. The minimum Gasteiger partial charge on any atom is -0.488 e. The van der Waals surface area contributed by atoms with E-state index in [9.17, 15) is 0 Å². The molecule has 0 unspecified atom stereocenters. The number of fused-ring (bicyclic) bond motifs is 2. The maximum Gasteiger partial charge on any atom is 0.231 e. The molecule has 0 spiro atoms. The Labute approximate surface area is 81.9 Å². The number of hydrogen-bond acceptors (Lipinski definition) is 3. The Balaban J connectivity index is 2.15. The largest absolute Gasteiger partial charge is 0.488 e. The average Bonchev–Trinajstić information content (AvgIpc) is 2.61. The van der Waals surface area contributed by atoms with Crippen LogP contribution in [0.1, 0.15) is 12.5 Å². The highest BCUT2D eigenvalue weighted by molar-refractivity contribution is 5.67. The van der Waals surface area contributed by atoms with Gasteiger partial charge < -0.3 is 14.2 Å². The van der Waals surface area contributed by atoms with E-state index in [1.807, 2.05) is 19.1 Å². The van der Waals surface area contributed by atoms with E-state index in [0.29, 0.717) is 13.4 Å². The smallest absolute Gasteiger partial charge is 0.231 e. The first-order valence-corrected chi connectivity index (χ1v) is 4.56. The Morgan fingerprint density at radius 3 is 2.64 bits per heavy atom. The van der Waals surface area contributed by atoms with E-state index in [1.54, 1.807) is 0 Å². The van der Waals surface area contributed by atoms with Crippen LogP contribution in [0.15, 0.2) is 17.7 Å². The standard InChI is InChI=1S/C11H10O3/c1-7-2-8-3-10-11(14-6-13-10)4-9(8)12-5-7/h2-4H,5-6H2,1H3. The maximum atomic E-state index is 5.56. The molecule has 0 radical (unpaired) electrons. The summed E-state index contributed by atoms with van der Waals surface area (Å²) in [6.07, 6.45) is 2.11. The molecule has 2 heterocycles. The van der Waals surface area contributed by atoms with Crippen molar-refractivity contribution in [1.29, 1.82) is 0 Å². The molecule has 2 aliphatic heterocycles. The first-order chi connectivity index (χ1) is 6.83. The van der Waals surface area contributed by atoms with Crippen LogP contribution in [-0.4, -0.2) is 13.4 Å². The minimum absolute atomic E-state index is 0.306. The molecule has 1 aromatic carbocycles. The van der Waals surface area contributed by atoms with Crippen LogP contribution < -0.4 is 14.2 Å².